The third-order valence-corrected chi connectivity index (χ3v) is 6.23. The maximum atomic E-state index is 12.3. The average Bonchev–Trinajstić information content (AvgIpc) is 3.03. The minimum absolute atomic E-state index is 0.0114. The lowest BCUT2D eigenvalue weighted by Gasteiger charge is -2.32. The molecule has 27 heavy (non-hydrogen) atoms. The molecule has 2 aromatic carbocycles. The van der Waals surface area contributed by atoms with Gasteiger partial charge in [-0.3, -0.25) is 9.59 Å². The summed E-state index contributed by atoms with van der Waals surface area (Å²) in [4.78, 5) is 30.4. The van der Waals surface area contributed by atoms with Crippen LogP contribution in [0.1, 0.15) is 12.8 Å². The van der Waals surface area contributed by atoms with Crippen LogP contribution in [0.2, 0.25) is 0 Å². The number of nitrogens with one attached hydrogen (secondary N) is 1. The zero-order valence-corrected chi connectivity index (χ0v) is 16.2. The van der Waals surface area contributed by atoms with Crippen molar-refractivity contribution in [2.24, 2.45) is 5.92 Å². The summed E-state index contributed by atoms with van der Waals surface area (Å²) >= 11 is 1.80. The Morgan fingerprint density at radius 2 is 1.74 bits per heavy atom. The highest BCUT2D eigenvalue weighted by molar-refractivity contribution is 7.99. The number of fused-ring (bicyclic) bond motifs is 2. The SMILES string of the molecule is CN1C[C@@H](C(=O)NCCCN2c3ccccc3Sc3ccccc32)CC1=O. The lowest BCUT2D eigenvalue weighted by molar-refractivity contribution is -0.128. The topological polar surface area (TPSA) is 52.7 Å². The van der Waals surface area contributed by atoms with Gasteiger partial charge in [-0.25, -0.2) is 0 Å². The Labute approximate surface area is 163 Å². The van der Waals surface area contributed by atoms with Gasteiger partial charge in [-0.05, 0) is 30.7 Å². The molecular formula is C21H23N3O2S. The summed E-state index contributed by atoms with van der Waals surface area (Å²) in [6.07, 6.45) is 1.17. The lowest BCUT2D eigenvalue weighted by atomic mass is 10.1. The fraction of sp³-hybridized carbons (Fsp3) is 0.333. The fourth-order valence-electron chi connectivity index (χ4n) is 3.65. The van der Waals surface area contributed by atoms with Crippen LogP contribution in [0.15, 0.2) is 58.3 Å². The third kappa shape index (κ3) is 3.67. The largest absolute Gasteiger partial charge is 0.356 e. The Bertz CT molecular complexity index is 825. The zero-order chi connectivity index (χ0) is 18.8. The van der Waals surface area contributed by atoms with Crippen LogP contribution in [0.25, 0.3) is 0 Å². The van der Waals surface area contributed by atoms with E-state index in [9.17, 15) is 9.59 Å². The van der Waals surface area contributed by atoms with E-state index in [0.29, 0.717) is 19.5 Å². The summed E-state index contributed by atoms with van der Waals surface area (Å²) in [6.45, 7) is 1.97. The molecule has 0 aromatic heterocycles. The highest BCUT2D eigenvalue weighted by Gasteiger charge is 2.31. The summed E-state index contributed by atoms with van der Waals surface area (Å²) in [5.74, 6) is -0.174. The first-order valence-corrected chi connectivity index (χ1v) is 10.1. The molecule has 0 aliphatic carbocycles. The van der Waals surface area contributed by atoms with Crippen molar-refractivity contribution < 1.29 is 9.59 Å². The first-order chi connectivity index (χ1) is 13.1. The Hall–Kier alpha value is -2.47. The van der Waals surface area contributed by atoms with E-state index in [0.717, 1.165) is 13.0 Å². The van der Waals surface area contributed by atoms with Crippen LogP contribution in [0.3, 0.4) is 0 Å². The van der Waals surface area contributed by atoms with Crippen LogP contribution >= 0.6 is 11.8 Å². The van der Waals surface area contributed by atoms with Crippen LogP contribution in [-0.4, -0.2) is 43.4 Å². The molecule has 4 rings (SSSR count). The van der Waals surface area contributed by atoms with E-state index in [4.69, 9.17) is 0 Å². The van der Waals surface area contributed by atoms with Gasteiger partial charge in [-0.15, -0.1) is 0 Å². The van der Waals surface area contributed by atoms with Crippen LogP contribution in [0, 0.1) is 5.92 Å². The molecule has 5 nitrogen and oxygen atoms in total. The van der Waals surface area contributed by atoms with Gasteiger partial charge in [0.25, 0.3) is 0 Å². The van der Waals surface area contributed by atoms with Crippen molar-refractivity contribution in [3.63, 3.8) is 0 Å². The second kappa shape index (κ2) is 7.64. The van der Waals surface area contributed by atoms with E-state index in [1.54, 1.807) is 23.7 Å². The van der Waals surface area contributed by atoms with Crippen molar-refractivity contribution >= 4 is 35.0 Å². The van der Waals surface area contributed by atoms with E-state index in [1.807, 2.05) is 0 Å². The van der Waals surface area contributed by atoms with Crippen LogP contribution < -0.4 is 10.2 Å². The third-order valence-electron chi connectivity index (χ3n) is 5.10. The van der Waals surface area contributed by atoms with Crippen molar-refractivity contribution in [2.45, 2.75) is 22.6 Å². The predicted octanol–water partition coefficient (Wildman–Crippen LogP) is 3.27. The van der Waals surface area contributed by atoms with Crippen molar-refractivity contribution in [3.05, 3.63) is 48.5 Å². The van der Waals surface area contributed by atoms with Gasteiger partial charge in [0, 0.05) is 42.9 Å². The maximum Gasteiger partial charge on any atom is 0.225 e. The first kappa shape index (κ1) is 17.9. The van der Waals surface area contributed by atoms with Crippen molar-refractivity contribution in [1.29, 1.82) is 0 Å². The molecule has 2 aromatic rings. The van der Waals surface area contributed by atoms with Gasteiger partial charge in [0.2, 0.25) is 11.8 Å². The molecule has 6 heteroatoms. The molecule has 1 N–H and O–H groups in total. The quantitative estimate of drug-likeness (QED) is 0.808. The van der Waals surface area contributed by atoms with Crippen molar-refractivity contribution in [2.75, 3.05) is 31.6 Å². The molecular weight excluding hydrogens is 358 g/mol. The van der Waals surface area contributed by atoms with E-state index in [2.05, 4.69) is 58.7 Å². The number of para-hydroxylation sites is 2. The standard InChI is InChI=1S/C21H23N3O2S/c1-23-14-15(13-20(23)25)21(26)22-11-6-12-24-16-7-2-4-9-18(16)27-19-10-5-3-8-17(19)24/h2-5,7-10,15H,6,11-14H2,1H3,(H,22,26)/t15-/m0/s1. The molecule has 0 radical (unpaired) electrons. The summed E-state index contributed by atoms with van der Waals surface area (Å²) in [5, 5.41) is 3.00. The van der Waals surface area contributed by atoms with E-state index < -0.39 is 0 Å². The van der Waals surface area contributed by atoms with Gasteiger partial charge in [0.1, 0.15) is 0 Å². The van der Waals surface area contributed by atoms with E-state index in [1.165, 1.54) is 21.2 Å². The van der Waals surface area contributed by atoms with E-state index >= 15 is 0 Å². The number of carbonyl (C=O) groups excluding carboxylic acids is 2. The Kier molecular flexibility index (Phi) is 5.07. The second-order valence-electron chi connectivity index (χ2n) is 7.01. The minimum atomic E-state index is -0.213. The molecule has 2 heterocycles. The number of rotatable bonds is 5. The molecule has 1 atom stereocenters. The van der Waals surface area contributed by atoms with Gasteiger partial charge >= 0.3 is 0 Å². The van der Waals surface area contributed by atoms with Gasteiger partial charge in [-0.1, -0.05) is 36.0 Å². The number of nitrogens with zero attached hydrogens (tertiary/aromatic N) is 2. The highest BCUT2D eigenvalue weighted by atomic mass is 32.2. The van der Waals surface area contributed by atoms with Crippen LogP contribution in [-0.2, 0) is 9.59 Å². The number of likely N-dealkylation sites (tertiary alicyclic amines) is 1. The molecule has 0 unspecified atom stereocenters. The molecule has 2 aliphatic heterocycles. The molecule has 2 amide bonds. The number of hydrogen-bond donors (Lipinski definition) is 1. The number of benzene rings is 2. The summed E-state index contributed by atoms with van der Waals surface area (Å²) in [6, 6.07) is 16.9. The van der Waals surface area contributed by atoms with Gasteiger partial charge < -0.3 is 15.1 Å². The monoisotopic (exact) mass is 381 g/mol. The van der Waals surface area contributed by atoms with Crippen LogP contribution in [0.5, 0.6) is 0 Å². The smallest absolute Gasteiger partial charge is 0.225 e. The number of carbonyl (C=O) groups is 2. The minimum Gasteiger partial charge on any atom is -0.356 e. The molecule has 0 saturated carbocycles. The predicted molar refractivity (Wildman–Crippen MR) is 107 cm³/mol. The number of anilines is 2. The Balaban J connectivity index is 1.37. The lowest BCUT2D eigenvalue weighted by Crippen LogP contribution is -2.34. The second-order valence-corrected chi connectivity index (χ2v) is 8.09. The van der Waals surface area contributed by atoms with Gasteiger partial charge in [0.05, 0.1) is 17.3 Å². The van der Waals surface area contributed by atoms with Crippen molar-refractivity contribution in [1.82, 2.24) is 10.2 Å². The average molecular weight is 382 g/mol. The number of hydrogen-bond acceptors (Lipinski definition) is 4. The molecule has 140 valence electrons. The van der Waals surface area contributed by atoms with Crippen LogP contribution in [0.4, 0.5) is 11.4 Å². The first-order valence-electron chi connectivity index (χ1n) is 9.28. The zero-order valence-electron chi connectivity index (χ0n) is 15.4. The maximum absolute atomic E-state index is 12.3. The molecule has 2 aliphatic rings. The number of amides is 2. The highest BCUT2D eigenvalue weighted by Crippen LogP contribution is 2.47. The molecule has 0 bridgehead atoms. The Morgan fingerprint density at radius 1 is 1.11 bits per heavy atom. The van der Waals surface area contributed by atoms with Crippen molar-refractivity contribution in [3.8, 4) is 0 Å². The van der Waals surface area contributed by atoms with Gasteiger partial charge in [-0.2, -0.15) is 0 Å². The Morgan fingerprint density at radius 3 is 2.33 bits per heavy atom. The molecule has 1 saturated heterocycles. The van der Waals surface area contributed by atoms with Gasteiger partial charge in [0.15, 0.2) is 0 Å². The summed E-state index contributed by atoms with van der Waals surface area (Å²) < 4.78 is 0. The normalized spacial score (nSPS) is 18.3. The molecule has 1 fully saturated rings. The van der Waals surface area contributed by atoms with E-state index in [-0.39, 0.29) is 17.7 Å². The molecule has 0 spiro atoms. The summed E-state index contributed by atoms with van der Waals surface area (Å²) in [7, 11) is 1.75. The fourth-order valence-corrected chi connectivity index (χ4v) is 4.75. The summed E-state index contributed by atoms with van der Waals surface area (Å²) in [5.41, 5.74) is 2.44.